The highest BCUT2D eigenvalue weighted by atomic mass is 32.2. The fourth-order valence-corrected chi connectivity index (χ4v) is 4.48. The highest BCUT2D eigenvalue weighted by molar-refractivity contribution is 7.99. The van der Waals surface area contributed by atoms with Gasteiger partial charge in [0, 0.05) is 5.41 Å². The summed E-state index contributed by atoms with van der Waals surface area (Å²) in [5.74, 6) is 0.728. The maximum atomic E-state index is 12.8. The minimum absolute atomic E-state index is 0.0477. The van der Waals surface area contributed by atoms with Crippen molar-refractivity contribution in [1.82, 2.24) is 4.98 Å². The molecule has 1 heterocycles. The van der Waals surface area contributed by atoms with Gasteiger partial charge >= 0.3 is 0 Å². The van der Waals surface area contributed by atoms with Crippen molar-refractivity contribution in [2.24, 2.45) is 5.41 Å². The molecule has 7 nitrogen and oxygen atoms in total. The van der Waals surface area contributed by atoms with E-state index in [0.717, 1.165) is 0 Å². The van der Waals surface area contributed by atoms with Crippen molar-refractivity contribution in [3.63, 3.8) is 0 Å². The number of anilines is 1. The van der Waals surface area contributed by atoms with Crippen LogP contribution in [0.1, 0.15) is 20.8 Å². The predicted octanol–water partition coefficient (Wildman–Crippen LogP) is 4.34. The fourth-order valence-electron chi connectivity index (χ4n) is 2.39. The first-order valence-corrected chi connectivity index (χ1v) is 11.3. The van der Waals surface area contributed by atoms with Crippen LogP contribution in [-0.4, -0.2) is 32.0 Å². The molecular weight excluding hydrogens is 412 g/mol. The van der Waals surface area contributed by atoms with Crippen LogP contribution < -0.4 is 9.46 Å². The second-order valence-electron chi connectivity index (χ2n) is 7.38. The number of nitrogens with zero attached hydrogens (tertiary/aromatic N) is 1. The molecule has 0 amide bonds. The van der Waals surface area contributed by atoms with E-state index < -0.39 is 15.4 Å². The van der Waals surface area contributed by atoms with Gasteiger partial charge in [-0.3, -0.25) is 9.52 Å². The monoisotopic (exact) mass is 434 g/mol. The molecular formula is C20H22N2O5S2. The number of benzene rings is 2. The fraction of sp³-hybridized carbons (Fsp3) is 0.300. The molecule has 1 N–H and O–H groups in total. The Morgan fingerprint density at radius 2 is 1.93 bits per heavy atom. The Balaban J connectivity index is 1.82. The van der Waals surface area contributed by atoms with Crippen LogP contribution >= 0.6 is 11.8 Å². The van der Waals surface area contributed by atoms with Crippen LogP contribution in [0.5, 0.6) is 5.75 Å². The average Bonchev–Trinajstić information content (AvgIpc) is 3.07. The zero-order chi connectivity index (χ0) is 21.2. The first kappa shape index (κ1) is 21.2. The number of hydrogen-bond acceptors (Lipinski definition) is 7. The van der Waals surface area contributed by atoms with Crippen LogP contribution in [0.2, 0.25) is 0 Å². The van der Waals surface area contributed by atoms with Crippen molar-refractivity contribution < 1.29 is 22.4 Å². The largest absolute Gasteiger partial charge is 0.495 e. The van der Waals surface area contributed by atoms with E-state index in [2.05, 4.69) is 9.71 Å². The molecule has 0 fully saturated rings. The third kappa shape index (κ3) is 4.91. The van der Waals surface area contributed by atoms with Gasteiger partial charge in [-0.1, -0.05) is 44.7 Å². The van der Waals surface area contributed by atoms with E-state index in [1.807, 2.05) is 20.8 Å². The number of rotatable bonds is 7. The minimum Gasteiger partial charge on any atom is -0.495 e. The number of oxazole rings is 1. The van der Waals surface area contributed by atoms with Crippen molar-refractivity contribution in [3.05, 3.63) is 42.5 Å². The maximum absolute atomic E-state index is 12.8. The molecule has 0 aliphatic rings. The highest BCUT2D eigenvalue weighted by Crippen LogP contribution is 2.29. The maximum Gasteiger partial charge on any atom is 0.262 e. The van der Waals surface area contributed by atoms with Crippen molar-refractivity contribution in [3.8, 4) is 5.75 Å². The summed E-state index contributed by atoms with van der Waals surface area (Å²) in [6.07, 6.45) is 0. The van der Waals surface area contributed by atoms with Gasteiger partial charge in [0.15, 0.2) is 5.58 Å². The number of methoxy groups -OCH3 is 1. The van der Waals surface area contributed by atoms with Gasteiger partial charge in [-0.05, 0) is 30.3 Å². The molecule has 0 bridgehead atoms. The zero-order valence-electron chi connectivity index (χ0n) is 16.6. The van der Waals surface area contributed by atoms with E-state index in [9.17, 15) is 13.2 Å². The molecule has 29 heavy (non-hydrogen) atoms. The van der Waals surface area contributed by atoms with Crippen molar-refractivity contribution >= 4 is 44.4 Å². The van der Waals surface area contributed by atoms with Crippen LogP contribution in [0, 0.1) is 5.41 Å². The number of fused-ring (bicyclic) bond motifs is 1. The Labute approximate surface area is 173 Å². The van der Waals surface area contributed by atoms with Crippen molar-refractivity contribution in [2.45, 2.75) is 30.9 Å². The summed E-state index contributed by atoms with van der Waals surface area (Å²) >= 11 is 1.19. The van der Waals surface area contributed by atoms with Gasteiger partial charge < -0.3 is 9.15 Å². The summed E-state index contributed by atoms with van der Waals surface area (Å²) in [6, 6.07) is 11.2. The Hall–Kier alpha value is -2.52. The summed E-state index contributed by atoms with van der Waals surface area (Å²) in [7, 11) is -2.38. The van der Waals surface area contributed by atoms with Crippen LogP contribution in [-0.2, 0) is 14.8 Å². The summed E-state index contributed by atoms with van der Waals surface area (Å²) in [5.41, 5.74) is 0.752. The molecule has 1 aromatic heterocycles. The highest BCUT2D eigenvalue weighted by Gasteiger charge is 2.22. The smallest absolute Gasteiger partial charge is 0.262 e. The van der Waals surface area contributed by atoms with Gasteiger partial charge in [0.25, 0.3) is 15.2 Å². The van der Waals surface area contributed by atoms with Gasteiger partial charge in [-0.2, -0.15) is 0 Å². The molecule has 0 unspecified atom stereocenters. The molecule has 0 radical (unpaired) electrons. The molecule has 0 saturated heterocycles. The van der Waals surface area contributed by atoms with Gasteiger partial charge in [-0.15, -0.1) is 0 Å². The quantitative estimate of drug-likeness (QED) is 0.552. The van der Waals surface area contributed by atoms with E-state index in [4.69, 9.17) is 9.15 Å². The number of hydrogen-bond donors (Lipinski definition) is 1. The molecule has 154 valence electrons. The molecule has 0 saturated carbocycles. The van der Waals surface area contributed by atoms with Crippen LogP contribution in [0.4, 0.5) is 5.69 Å². The minimum atomic E-state index is -3.85. The van der Waals surface area contributed by atoms with Gasteiger partial charge in [0.2, 0.25) is 0 Å². The van der Waals surface area contributed by atoms with E-state index in [1.54, 1.807) is 30.3 Å². The molecule has 0 spiro atoms. The van der Waals surface area contributed by atoms with E-state index in [0.29, 0.717) is 27.8 Å². The molecule has 9 heteroatoms. The number of carbonyl (C=O) groups excluding carboxylic acids is 1. The van der Waals surface area contributed by atoms with E-state index in [1.165, 1.54) is 31.0 Å². The summed E-state index contributed by atoms with van der Waals surface area (Å²) < 4.78 is 38.9. The normalized spacial score (nSPS) is 12.1. The molecule has 3 aromatic rings. The third-order valence-electron chi connectivity index (χ3n) is 4.16. The predicted molar refractivity (Wildman–Crippen MR) is 113 cm³/mol. The lowest BCUT2D eigenvalue weighted by Crippen LogP contribution is -2.21. The lowest BCUT2D eigenvalue weighted by atomic mass is 9.92. The topological polar surface area (TPSA) is 98.5 Å². The number of nitrogens with one attached hydrogen (secondary N) is 1. The standard InChI is InChI=1S/C20H22N2O5S2/c1-20(2,3)18(23)12-28-19-21-15-11-13(9-10-17(15)27-19)29(24,25)22-14-7-5-6-8-16(14)26-4/h5-11,22H,12H2,1-4H3. The average molecular weight is 435 g/mol. The molecule has 0 atom stereocenters. The molecule has 0 aliphatic heterocycles. The lowest BCUT2D eigenvalue weighted by Gasteiger charge is -2.14. The van der Waals surface area contributed by atoms with Gasteiger partial charge in [0.1, 0.15) is 17.0 Å². The number of para-hydroxylation sites is 2. The number of Topliss-reactive ketones (excluding diaryl/α,β-unsaturated/α-hetero) is 1. The third-order valence-corrected chi connectivity index (χ3v) is 6.36. The SMILES string of the molecule is COc1ccccc1NS(=O)(=O)c1ccc2oc(SCC(=O)C(C)(C)C)nc2c1. The van der Waals surface area contributed by atoms with Crippen LogP contribution in [0.3, 0.4) is 0 Å². The Morgan fingerprint density at radius 1 is 1.21 bits per heavy atom. The molecule has 2 aromatic carbocycles. The molecule has 3 rings (SSSR count). The van der Waals surface area contributed by atoms with E-state index >= 15 is 0 Å². The summed E-state index contributed by atoms with van der Waals surface area (Å²) in [4.78, 5) is 16.4. The number of ether oxygens (including phenoxy) is 1. The second kappa shape index (κ2) is 8.08. The molecule has 0 aliphatic carbocycles. The van der Waals surface area contributed by atoms with Crippen molar-refractivity contribution in [1.29, 1.82) is 0 Å². The Kier molecular flexibility index (Phi) is 5.90. The van der Waals surface area contributed by atoms with Crippen LogP contribution in [0.25, 0.3) is 11.1 Å². The second-order valence-corrected chi connectivity index (χ2v) is 9.99. The Morgan fingerprint density at radius 3 is 2.62 bits per heavy atom. The number of aromatic nitrogens is 1. The first-order chi connectivity index (χ1) is 13.6. The summed E-state index contributed by atoms with van der Waals surface area (Å²) in [5, 5.41) is 0.324. The zero-order valence-corrected chi connectivity index (χ0v) is 18.2. The number of carbonyl (C=O) groups is 1. The van der Waals surface area contributed by atoms with Crippen molar-refractivity contribution in [2.75, 3.05) is 17.6 Å². The van der Waals surface area contributed by atoms with Gasteiger partial charge in [-0.25, -0.2) is 13.4 Å². The number of sulfonamides is 1. The Bertz CT molecular complexity index is 1150. The van der Waals surface area contributed by atoms with Gasteiger partial charge in [0.05, 0.1) is 23.4 Å². The number of ketones is 1. The number of thioether (sulfide) groups is 1. The van der Waals surface area contributed by atoms with E-state index in [-0.39, 0.29) is 16.4 Å². The van der Waals surface area contributed by atoms with Crippen LogP contribution in [0.15, 0.2) is 57.0 Å². The lowest BCUT2D eigenvalue weighted by molar-refractivity contribution is -0.123. The first-order valence-electron chi connectivity index (χ1n) is 8.83. The summed E-state index contributed by atoms with van der Waals surface area (Å²) in [6.45, 7) is 5.56.